The molecule has 0 aliphatic carbocycles. The third-order valence-corrected chi connectivity index (χ3v) is 3.28. The van der Waals surface area contributed by atoms with Crippen molar-refractivity contribution < 1.29 is 13.5 Å². The Kier molecular flexibility index (Phi) is 4.63. The zero-order valence-electron chi connectivity index (χ0n) is 10.2. The SMILES string of the molecule is NNC(Cc1cc(F)cc(F)c1)CC1CCOC1. The lowest BCUT2D eigenvalue weighted by Gasteiger charge is -2.19. The second kappa shape index (κ2) is 6.22. The van der Waals surface area contributed by atoms with Crippen molar-refractivity contribution in [1.29, 1.82) is 0 Å². The van der Waals surface area contributed by atoms with E-state index < -0.39 is 11.6 Å². The van der Waals surface area contributed by atoms with Crippen LogP contribution in [0.2, 0.25) is 0 Å². The lowest BCUT2D eigenvalue weighted by Crippen LogP contribution is -2.38. The van der Waals surface area contributed by atoms with Crippen molar-refractivity contribution in [3.63, 3.8) is 0 Å². The fourth-order valence-electron chi connectivity index (χ4n) is 2.40. The molecule has 0 bridgehead atoms. The van der Waals surface area contributed by atoms with E-state index >= 15 is 0 Å². The molecule has 1 aromatic carbocycles. The van der Waals surface area contributed by atoms with E-state index in [0.717, 1.165) is 32.1 Å². The highest BCUT2D eigenvalue weighted by atomic mass is 19.1. The molecule has 0 amide bonds. The third kappa shape index (κ3) is 3.73. The smallest absolute Gasteiger partial charge is 0.126 e. The van der Waals surface area contributed by atoms with E-state index in [0.29, 0.717) is 17.9 Å². The molecule has 0 saturated carbocycles. The van der Waals surface area contributed by atoms with Crippen molar-refractivity contribution in [2.45, 2.75) is 25.3 Å². The van der Waals surface area contributed by atoms with Crippen molar-refractivity contribution in [2.75, 3.05) is 13.2 Å². The molecule has 2 atom stereocenters. The molecule has 0 spiro atoms. The van der Waals surface area contributed by atoms with E-state index in [1.165, 1.54) is 12.1 Å². The van der Waals surface area contributed by atoms with Crippen molar-refractivity contribution >= 4 is 0 Å². The minimum absolute atomic E-state index is 0.0119. The average Bonchev–Trinajstić information content (AvgIpc) is 2.79. The Balaban J connectivity index is 1.95. The highest BCUT2D eigenvalue weighted by molar-refractivity contribution is 5.19. The first-order valence-corrected chi connectivity index (χ1v) is 6.16. The summed E-state index contributed by atoms with van der Waals surface area (Å²) >= 11 is 0. The Morgan fingerprint density at radius 1 is 1.33 bits per heavy atom. The zero-order valence-corrected chi connectivity index (χ0v) is 10.2. The summed E-state index contributed by atoms with van der Waals surface area (Å²) in [5.74, 6) is 4.87. The van der Waals surface area contributed by atoms with Crippen LogP contribution in [0.25, 0.3) is 0 Å². The molecule has 2 unspecified atom stereocenters. The van der Waals surface area contributed by atoms with E-state index in [1.54, 1.807) is 0 Å². The molecule has 1 fully saturated rings. The van der Waals surface area contributed by atoms with Gasteiger partial charge in [0.15, 0.2) is 0 Å². The summed E-state index contributed by atoms with van der Waals surface area (Å²) in [6.45, 7) is 1.53. The first-order valence-electron chi connectivity index (χ1n) is 6.16. The van der Waals surface area contributed by atoms with Gasteiger partial charge in [0.2, 0.25) is 0 Å². The second-order valence-corrected chi connectivity index (χ2v) is 4.81. The molecule has 0 aromatic heterocycles. The molecule has 3 nitrogen and oxygen atoms in total. The van der Waals surface area contributed by atoms with Gasteiger partial charge in [-0.3, -0.25) is 11.3 Å². The molecule has 2 rings (SSSR count). The number of halogens is 2. The van der Waals surface area contributed by atoms with Gasteiger partial charge in [-0.05, 0) is 42.9 Å². The Hall–Kier alpha value is -1.04. The predicted octanol–water partition coefficient (Wildman–Crippen LogP) is 1.77. The van der Waals surface area contributed by atoms with Crippen LogP contribution < -0.4 is 11.3 Å². The zero-order chi connectivity index (χ0) is 13.0. The Labute approximate surface area is 105 Å². The van der Waals surface area contributed by atoms with Crippen molar-refractivity contribution in [2.24, 2.45) is 11.8 Å². The van der Waals surface area contributed by atoms with Crippen LogP contribution in [-0.2, 0) is 11.2 Å². The maximum Gasteiger partial charge on any atom is 0.126 e. The lowest BCUT2D eigenvalue weighted by atomic mass is 9.95. The maximum absolute atomic E-state index is 13.1. The summed E-state index contributed by atoms with van der Waals surface area (Å²) in [6.07, 6.45) is 2.39. The van der Waals surface area contributed by atoms with Crippen LogP contribution in [0.4, 0.5) is 8.78 Å². The number of nitrogens with two attached hydrogens (primary N) is 1. The molecule has 1 aromatic rings. The van der Waals surface area contributed by atoms with E-state index in [9.17, 15) is 8.78 Å². The van der Waals surface area contributed by atoms with Gasteiger partial charge < -0.3 is 4.74 Å². The Bertz CT molecular complexity index is 374. The van der Waals surface area contributed by atoms with Gasteiger partial charge in [-0.25, -0.2) is 8.78 Å². The normalized spacial score (nSPS) is 21.2. The predicted molar refractivity (Wildman–Crippen MR) is 64.7 cm³/mol. The number of rotatable bonds is 5. The quantitative estimate of drug-likeness (QED) is 0.623. The van der Waals surface area contributed by atoms with Gasteiger partial charge in [-0.15, -0.1) is 0 Å². The van der Waals surface area contributed by atoms with Crippen molar-refractivity contribution in [1.82, 2.24) is 5.43 Å². The summed E-state index contributed by atoms with van der Waals surface area (Å²) in [4.78, 5) is 0. The van der Waals surface area contributed by atoms with Gasteiger partial charge in [0.05, 0.1) is 0 Å². The Morgan fingerprint density at radius 2 is 2.06 bits per heavy atom. The lowest BCUT2D eigenvalue weighted by molar-refractivity contribution is 0.181. The molecule has 1 heterocycles. The highest BCUT2D eigenvalue weighted by Crippen LogP contribution is 2.20. The highest BCUT2D eigenvalue weighted by Gasteiger charge is 2.20. The van der Waals surface area contributed by atoms with Crippen LogP contribution in [-0.4, -0.2) is 19.3 Å². The molecule has 100 valence electrons. The monoisotopic (exact) mass is 256 g/mol. The van der Waals surface area contributed by atoms with Crippen LogP contribution >= 0.6 is 0 Å². The summed E-state index contributed by atoms with van der Waals surface area (Å²) in [5.41, 5.74) is 3.34. The van der Waals surface area contributed by atoms with Gasteiger partial charge in [0, 0.05) is 25.3 Å². The van der Waals surface area contributed by atoms with Gasteiger partial charge >= 0.3 is 0 Å². The van der Waals surface area contributed by atoms with Gasteiger partial charge in [-0.1, -0.05) is 0 Å². The number of benzene rings is 1. The summed E-state index contributed by atoms with van der Waals surface area (Å²) in [7, 11) is 0. The molecule has 18 heavy (non-hydrogen) atoms. The Morgan fingerprint density at radius 3 is 2.61 bits per heavy atom. The van der Waals surface area contributed by atoms with Gasteiger partial charge in [-0.2, -0.15) is 0 Å². The van der Waals surface area contributed by atoms with Gasteiger partial charge in [0.25, 0.3) is 0 Å². The van der Waals surface area contributed by atoms with Crippen molar-refractivity contribution in [3.05, 3.63) is 35.4 Å². The molecule has 0 radical (unpaired) electrons. The molecule has 1 aliphatic rings. The standard InChI is InChI=1S/C13H18F2N2O/c14-11-3-10(4-12(15)7-11)6-13(17-16)5-9-1-2-18-8-9/h3-4,7,9,13,17H,1-2,5-6,8,16H2. The minimum Gasteiger partial charge on any atom is -0.381 e. The number of hydrogen-bond acceptors (Lipinski definition) is 3. The molecule has 1 saturated heterocycles. The molecular formula is C13H18F2N2O. The van der Waals surface area contributed by atoms with E-state index in [2.05, 4.69) is 5.43 Å². The van der Waals surface area contributed by atoms with Crippen LogP contribution in [0.5, 0.6) is 0 Å². The molecular weight excluding hydrogens is 238 g/mol. The number of hydrogen-bond donors (Lipinski definition) is 2. The number of nitrogens with one attached hydrogen (secondary N) is 1. The van der Waals surface area contributed by atoms with E-state index in [1.807, 2.05) is 0 Å². The third-order valence-electron chi connectivity index (χ3n) is 3.28. The van der Waals surface area contributed by atoms with Crippen LogP contribution in [0.1, 0.15) is 18.4 Å². The van der Waals surface area contributed by atoms with Gasteiger partial charge in [0.1, 0.15) is 11.6 Å². The topological polar surface area (TPSA) is 47.3 Å². The van der Waals surface area contributed by atoms with Crippen LogP contribution in [0, 0.1) is 17.6 Å². The molecule has 3 N–H and O–H groups in total. The summed E-state index contributed by atoms with van der Waals surface area (Å²) < 4.78 is 31.5. The van der Waals surface area contributed by atoms with Crippen LogP contribution in [0.3, 0.4) is 0 Å². The fourth-order valence-corrected chi connectivity index (χ4v) is 2.40. The summed E-state index contributed by atoms with van der Waals surface area (Å²) in [6, 6.07) is 3.58. The molecule has 1 aliphatic heterocycles. The van der Waals surface area contributed by atoms with E-state index in [4.69, 9.17) is 10.6 Å². The largest absolute Gasteiger partial charge is 0.381 e. The minimum atomic E-state index is -0.551. The average molecular weight is 256 g/mol. The number of ether oxygens (including phenoxy) is 1. The number of hydrazine groups is 1. The maximum atomic E-state index is 13.1. The second-order valence-electron chi connectivity index (χ2n) is 4.81. The molecule has 5 heteroatoms. The first-order chi connectivity index (χ1) is 8.67. The van der Waals surface area contributed by atoms with E-state index in [-0.39, 0.29) is 6.04 Å². The first kappa shape index (κ1) is 13.4. The fraction of sp³-hybridized carbons (Fsp3) is 0.538. The summed E-state index contributed by atoms with van der Waals surface area (Å²) in [5, 5.41) is 0. The van der Waals surface area contributed by atoms with Crippen LogP contribution in [0.15, 0.2) is 18.2 Å². The van der Waals surface area contributed by atoms with Crippen molar-refractivity contribution in [3.8, 4) is 0 Å².